The van der Waals surface area contributed by atoms with Gasteiger partial charge >= 0.3 is 0 Å². The second-order valence-electron chi connectivity index (χ2n) is 5.65. The molecule has 0 radical (unpaired) electrons. The topological polar surface area (TPSA) is 21.3 Å². The summed E-state index contributed by atoms with van der Waals surface area (Å²) in [5, 5.41) is 3.71. The molecule has 0 saturated carbocycles. The van der Waals surface area contributed by atoms with Crippen molar-refractivity contribution in [3.63, 3.8) is 0 Å². The molecule has 2 aliphatic heterocycles. The molecule has 0 bridgehead atoms. The molecule has 1 aromatic rings. The van der Waals surface area contributed by atoms with E-state index in [0.29, 0.717) is 6.04 Å². The van der Waals surface area contributed by atoms with E-state index in [1.165, 1.54) is 35.5 Å². The third-order valence-electron chi connectivity index (χ3n) is 4.27. The van der Waals surface area contributed by atoms with Gasteiger partial charge < -0.3 is 10.1 Å². The van der Waals surface area contributed by atoms with Crippen molar-refractivity contribution in [1.29, 1.82) is 0 Å². The van der Waals surface area contributed by atoms with E-state index in [2.05, 4.69) is 42.2 Å². The largest absolute Gasteiger partial charge is 0.493 e. The Bertz CT molecular complexity index is 429. The Morgan fingerprint density at radius 1 is 1.37 bits per heavy atom. The average Bonchev–Trinajstić information content (AvgIpc) is 2.93. The Hall–Kier alpha value is -0.670. The molecule has 2 heterocycles. The Balaban J connectivity index is 1.56. The number of rotatable bonds is 4. The molecule has 1 fully saturated rings. The third-order valence-corrected chi connectivity index (χ3v) is 5.32. The Morgan fingerprint density at radius 3 is 3.05 bits per heavy atom. The van der Waals surface area contributed by atoms with E-state index in [4.69, 9.17) is 4.74 Å². The van der Waals surface area contributed by atoms with Crippen molar-refractivity contribution in [2.45, 2.75) is 32.2 Å². The van der Waals surface area contributed by atoms with Crippen LogP contribution in [0.15, 0.2) is 18.2 Å². The molecule has 1 saturated heterocycles. The van der Waals surface area contributed by atoms with Gasteiger partial charge in [0.05, 0.1) is 6.61 Å². The van der Waals surface area contributed by atoms with Gasteiger partial charge in [0, 0.05) is 12.5 Å². The van der Waals surface area contributed by atoms with Crippen LogP contribution in [0.3, 0.4) is 0 Å². The first-order chi connectivity index (χ1) is 9.33. The first kappa shape index (κ1) is 13.3. The number of ether oxygens (including phenoxy) is 1. The zero-order valence-electron chi connectivity index (χ0n) is 11.7. The summed E-state index contributed by atoms with van der Waals surface area (Å²) in [5.74, 6) is 4.65. The minimum absolute atomic E-state index is 0.445. The van der Waals surface area contributed by atoms with Crippen molar-refractivity contribution >= 4 is 11.8 Å². The van der Waals surface area contributed by atoms with E-state index < -0.39 is 0 Å². The predicted octanol–water partition coefficient (Wildman–Crippen LogP) is 3.42. The van der Waals surface area contributed by atoms with Crippen LogP contribution in [0.25, 0.3) is 0 Å². The second-order valence-corrected chi connectivity index (χ2v) is 6.88. The molecule has 2 aliphatic rings. The summed E-state index contributed by atoms with van der Waals surface area (Å²) in [4.78, 5) is 0. The van der Waals surface area contributed by atoms with Crippen LogP contribution in [0.4, 0.5) is 0 Å². The minimum atomic E-state index is 0.445. The molecule has 0 spiro atoms. The molecule has 104 valence electrons. The number of fused-ring (bicyclic) bond motifs is 1. The van der Waals surface area contributed by atoms with Crippen molar-refractivity contribution in [2.24, 2.45) is 5.92 Å². The summed E-state index contributed by atoms with van der Waals surface area (Å²) < 4.78 is 5.57. The summed E-state index contributed by atoms with van der Waals surface area (Å²) in [6.45, 7) is 4.28. The fourth-order valence-corrected chi connectivity index (χ4v) is 4.09. The van der Waals surface area contributed by atoms with E-state index in [1.807, 2.05) is 0 Å². The molecule has 1 aromatic carbocycles. The van der Waals surface area contributed by atoms with Gasteiger partial charge in [-0.05, 0) is 60.9 Å². The molecule has 1 N–H and O–H groups in total. The molecular weight excluding hydrogens is 254 g/mol. The van der Waals surface area contributed by atoms with Gasteiger partial charge in [0.1, 0.15) is 5.75 Å². The average molecular weight is 277 g/mol. The first-order valence-electron chi connectivity index (χ1n) is 7.39. The maximum atomic E-state index is 5.57. The summed E-state index contributed by atoms with van der Waals surface area (Å²) in [6, 6.07) is 7.10. The van der Waals surface area contributed by atoms with Crippen LogP contribution in [0.2, 0.25) is 0 Å². The van der Waals surface area contributed by atoms with Gasteiger partial charge in [-0.25, -0.2) is 0 Å². The molecule has 3 rings (SSSR count). The lowest BCUT2D eigenvalue weighted by molar-refractivity contribution is 0.356. The predicted molar refractivity (Wildman–Crippen MR) is 82.1 cm³/mol. The van der Waals surface area contributed by atoms with Crippen molar-refractivity contribution in [2.75, 3.05) is 24.7 Å². The Morgan fingerprint density at radius 2 is 2.21 bits per heavy atom. The fraction of sp³-hybridized carbons (Fsp3) is 0.625. The molecule has 2 nitrogen and oxygen atoms in total. The number of hydrogen-bond donors (Lipinski definition) is 1. The summed E-state index contributed by atoms with van der Waals surface area (Å²) in [7, 11) is 0. The highest BCUT2D eigenvalue weighted by molar-refractivity contribution is 7.99. The minimum Gasteiger partial charge on any atom is -0.493 e. The number of thioether (sulfide) groups is 1. The summed E-state index contributed by atoms with van der Waals surface area (Å²) in [5.41, 5.74) is 2.77. The smallest absolute Gasteiger partial charge is 0.122 e. The molecule has 0 aliphatic carbocycles. The third kappa shape index (κ3) is 3.26. The molecule has 1 atom stereocenters. The van der Waals surface area contributed by atoms with Gasteiger partial charge in [-0.3, -0.25) is 0 Å². The Kier molecular flexibility index (Phi) is 4.34. The van der Waals surface area contributed by atoms with E-state index in [9.17, 15) is 0 Å². The lowest BCUT2D eigenvalue weighted by Crippen LogP contribution is -2.28. The highest BCUT2D eigenvalue weighted by atomic mass is 32.2. The lowest BCUT2D eigenvalue weighted by atomic mass is 10.0. The molecular formula is C16H23NOS. The number of hydrogen-bond acceptors (Lipinski definition) is 3. The van der Waals surface area contributed by atoms with Crippen LogP contribution in [0, 0.1) is 5.92 Å². The molecule has 1 unspecified atom stereocenters. The van der Waals surface area contributed by atoms with E-state index >= 15 is 0 Å². The van der Waals surface area contributed by atoms with Crippen LogP contribution < -0.4 is 10.1 Å². The summed E-state index contributed by atoms with van der Waals surface area (Å²) in [6.07, 6.45) is 3.82. The van der Waals surface area contributed by atoms with Gasteiger partial charge in [0.25, 0.3) is 0 Å². The molecule has 3 heteroatoms. The number of nitrogens with one attached hydrogen (secondary N) is 1. The fourth-order valence-electron chi connectivity index (χ4n) is 2.89. The number of benzene rings is 1. The molecule has 0 amide bonds. The van der Waals surface area contributed by atoms with Crippen molar-refractivity contribution < 1.29 is 4.74 Å². The highest BCUT2D eigenvalue weighted by Crippen LogP contribution is 2.28. The standard InChI is InChI=1S/C16H23NOS/c1-12(17-11-13-5-8-19-9-6-13)14-2-3-16-15(10-14)4-7-18-16/h2-3,10,12-13,17H,4-9,11H2,1H3. The SMILES string of the molecule is CC(NCC1CCSCC1)c1ccc2c(c1)CCO2. The summed E-state index contributed by atoms with van der Waals surface area (Å²) >= 11 is 2.10. The van der Waals surface area contributed by atoms with Gasteiger partial charge in [0.15, 0.2) is 0 Å². The van der Waals surface area contributed by atoms with Gasteiger partial charge in [-0.2, -0.15) is 11.8 Å². The maximum Gasteiger partial charge on any atom is 0.122 e. The van der Waals surface area contributed by atoms with E-state index in [-0.39, 0.29) is 0 Å². The van der Waals surface area contributed by atoms with Gasteiger partial charge in [-0.15, -0.1) is 0 Å². The molecule has 0 aromatic heterocycles. The zero-order chi connectivity index (χ0) is 13.1. The zero-order valence-corrected chi connectivity index (χ0v) is 12.5. The van der Waals surface area contributed by atoms with Crippen LogP contribution in [0.1, 0.15) is 36.9 Å². The first-order valence-corrected chi connectivity index (χ1v) is 8.55. The van der Waals surface area contributed by atoms with Gasteiger partial charge in [-0.1, -0.05) is 12.1 Å². The van der Waals surface area contributed by atoms with Crippen molar-refractivity contribution in [3.8, 4) is 5.75 Å². The molecule has 19 heavy (non-hydrogen) atoms. The van der Waals surface area contributed by atoms with Crippen LogP contribution >= 0.6 is 11.8 Å². The van der Waals surface area contributed by atoms with Crippen LogP contribution in [-0.2, 0) is 6.42 Å². The second kappa shape index (κ2) is 6.19. The maximum absolute atomic E-state index is 5.57. The monoisotopic (exact) mass is 277 g/mol. The highest BCUT2D eigenvalue weighted by Gasteiger charge is 2.17. The normalized spacial score (nSPS) is 20.9. The van der Waals surface area contributed by atoms with Crippen molar-refractivity contribution in [1.82, 2.24) is 5.32 Å². The van der Waals surface area contributed by atoms with Gasteiger partial charge in [0.2, 0.25) is 0 Å². The van der Waals surface area contributed by atoms with Crippen LogP contribution in [0.5, 0.6) is 5.75 Å². The van der Waals surface area contributed by atoms with E-state index in [0.717, 1.165) is 31.2 Å². The van der Waals surface area contributed by atoms with Crippen molar-refractivity contribution in [3.05, 3.63) is 29.3 Å². The van der Waals surface area contributed by atoms with Crippen LogP contribution in [-0.4, -0.2) is 24.7 Å². The Labute approximate surface area is 120 Å². The van der Waals surface area contributed by atoms with E-state index in [1.54, 1.807) is 0 Å². The lowest BCUT2D eigenvalue weighted by Gasteiger charge is -2.24. The quantitative estimate of drug-likeness (QED) is 0.911.